The summed E-state index contributed by atoms with van der Waals surface area (Å²) < 4.78 is 7.24. The highest BCUT2D eigenvalue weighted by molar-refractivity contribution is 5.94. The zero-order valence-corrected chi connectivity index (χ0v) is 11.9. The molecule has 1 aliphatic heterocycles. The van der Waals surface area contributed by atoms with E-state index in [-0.39, 0.29) is 24.2 Å². The number of fused-ring (bicyclic) bond motifs is 1. The SMILES string of the molecule is C[C@@H]1[C@@H](CO)OC(n2ccc3c(N)nc(C(N)=O)nc32)[C@@H]1O. The van der Waals surface area contributed by atoms with Crippen molar-refractivity contribution in [2.75, 3.05) is 12.3 Å². The van der Waals surface area contributed by atoms with Gasteiger partial charge in [-0.3, -0.25) is 4.79 Å². The molecule has 0 radical (unpaired) electrons. The van der Waals surface area contributed by atoms with Gasteiger partial charge in [0.05, 0.1) is 18.1 Å². The predicted molar refractivity (Wildman–Crippen MR) is 76.6 cm³/mol. The van der Waals surface area contributed by atoms with Crippen LogP contribution in [0.4, 0.5) is 5.82 Å². The second kappa shape index (κ2) is 5.20. The highest BCUT2D eigenvalue weighted by Gasteiger charge is 2.42. The van der Waals surface area contributed by atoms with Gasteiger partial charge in [-0.05, 0) is 6.07 Å². The van der Waals surface area contributed by atoms with Crippen LogP contribution in [0.25, 0.3) is 11.0 Å². The first kappa shape index (κ1) is 14.7. The number of nitrogens with zero attached hydrogens (tertiary/aromatic N) is 3. The number of aliphatic hydroxyl groups is 2. The van der Waals surface area contributed by atoms with E-state index in [4.69, 9.17) is 16.2 Å². The molecule has 1 aliphatic rings. The quantitative estimate of drug-likeness (QED) is 0.568. The Bertz CT molecular complexity index is 731. The summed E-state index contributed by atoms with van der Waals surface area (Å²) >= 11 is 0. The molecule has 22 heavy (non-hydrogen) atoms. The van der Waals surface area contributed by atoms with Gasteiger partial charge in [0.15, 0.2) is 6.23 Å². The van der Waals surface area contributed by atoms with E-state index in [1.807, 2.05) is 0 Å². The summed E-state index contributed by atoms with van der Waals surface area (Å²) in [4.78, 5) is 19.2. The van der Waals surface area contributed by atoms with Crippen molar-refractivity contribution >= 4 is 22.8 Å². The van der Waals surface area contributed by atoms with Crippen molar-refractivity contribution in [1.82, 2.24) is 14.5 Å². The lowest BCUT2D eigenvalue weighted by Crippen LogP contribution is -2.25. The van der Waals surface area contributed by atoms with Crippen molar-refractivity contribution < 1.29 is 19.7 Å². The first-order valence-electron chi connectivity index (χ1n) is 6.82. The van der Waals surface area contributed by atoms with Crippen LogP contribution in [0.1, 0.15) is 23.8 Å². The van der Waals surface area contributed by atoms with Crippen LogP contribution in [0.2, 0.25) is 0 Å². The Kier molecular flexibility index (Phi) is 3.47. The first-order valence-corrected chi connectivity index (χ1v) is 6.82. The fraction of sp³-hybridized carbons (Fsp3) is 0.462. The van der Waals surface area contributed by atoms with Crippen LogP contribution in [-0.2, 0) is 4.74 Å². The molecule has 2 aromatic heterocycles. The van der Waals surface area contributed by atoms with E-state index in [0.717, 1.165) is 0 Å². The number of anilines is 1. The Hall–Kier alpha value is -2.23. The maximum atomic E-state index is 11.3. The van der Waals surface area contributed by atoms with Crippen LogP contribution in [0, 0.1) is 5.92 Å². The van der Waals surface area contributed by atoms with Gasteiger partial charge in [0.25, 0.3) is 5.91 Å². The van der Waals surface area contributed by atoms with Gasteiger partial charge in [0.1, 0.15) is 17.6 Å². The summed E-state index contributed by atoms with van der Waals surface area (Å²) in [6, 6.07) is 1.67. The molecule has 0 aliphatic carbocycles. The molecular weight excluding hydrogens is 290 g/mol. The van der Waals surface area contributed by atoms with E-state index in [1.165, 1.54) is 0 Å². The maximum absolute atomic E-state index is 11.3. The zero-order chi connectivity index (χ0) is 16.0. The highest BCUT2D eigenvalue weighted by atomic mass is 16.5. The van der Waals surface area contributed by atoms with E-state index in [9.17, 15) is 15.0 Å². The molecule has 6 N–H and O–H groups in total. The number of carbonyl (C=O) groups excluding carboxylic acids is 1. The summed E-state index contributed by atoms with van der Waals surface area (Å²) in [5.41, 5.74) is 11.3. The van der Waals surface area contributed by atoms with Gasteiger partial charge >= 0.3 is 0 Å². The smallest absolute Gasteiger partial charge is 0.286 e. The molecule has 0 aromatic carbocycles. The second-order valence-electron chi connectivity index (χ2n) is 5.35. The highest BCUT2D eigenvalue weighted by Crippen LogP contribution is 2.35. The predicted octanol–water partition coefficient (Wildman–Crippen LogP) is -1.00. The minimum atomic E-state index is -0.832. The van der Waals surface area contributed by atoms with Crippen LogP contribution in [0.15, 0.2) is 12.3 Å². The minimum absolute atomic E-state index is 0.122. The summed E-state index contributed by atoms with van der Waals surface area (Å²) in [5.74, 6) is -1.13. The van der Waals surface area contributed by atoms with Gasteiger partial charge in [0.2, 0.25) is 5.82 Å². The molecule has 3 heterocycles. The van der Waals surface area contributed by atoms with Gasteiger partial charge in [-0.1, -0.05) is 6.92 Å². The zero-order valence-electron chi connectivity index (χ0n) is 11.9. The number of nitrogen functional groups attached to an aromatic ring is 1. The average Bonchev–Trinajstić information content (AvgIpc) is 3.02. The summed E-state index contributed by atoms with van der Waals surface area (Å²) in [5, 5.41) is 20.1. The Morgan fingerprint density at radius 1 is 1.50 bits per heavy atom. The van der Waals surface area contributed by atoms with Gasteiger partial charge in [-0.2, -0.15) is 0 Å². The van der Waals surface area contributed by atoms with E-state index in [2.05, 4.69) is 9.97 Å². The number of nitrogens with two attached hydrogens (primary N) is 2. The average molecular weight is 307 g/mol. The largest absolute Gasteiger partial charge is 0.394 e. The lowest BCUT2D eigenvalue weighted by Gasteiger charge is -2.18. The standard InChI is InChI=1S/C13H17N5O4/c1-5-7(4-19)22-13(8(5)20)18-3-2-6-9(14)16-11(10(15)21)17-12(6)18/h2-3,5,7-8,13,19-20H,4H2,1H3,(H2,15,21)(H2,14,16,17)/t5-,7-,8-,13?/m1/s1. The molecule has 3 rings (SSSR count). The number of amides is 1. The molecule has 1 fully saturated rings. The Labute approximate surface area is 125 Å². The Morgan fingerprint density at radius 3 is 2.82 bits per heavy atom. The van der Waals surface area contributed by atoms with Crippen molar-refractivity contribution in [1.29, 1.82) is 0 Å². The van der Waals surface area contributed by atoms with Crippen LogP contribution in [0.3, 0.4) is 0 Å². The summed E-state index contributed by atoms with van der Waals surface area (Å²) in [7, 11) is 0. The minimum Gasteiger partial charge on any atom is -0.394 e. The first-order chi connectivity index (χ1) is 10.4. The third kappa shape index (κ3) is 2.10. The number of ether oxygens (including phenoxy) is 1. The topological polar surface area (TPSA) is 150 Å². The summed E-state index contributed by atoms with van der Waals surface area (Å²) in [6.07, 6.45) is -0.409. The normalized spacial score (nSPS) is 28.3. The van der Waals surface area contributed by atoms with Crippen LogP contribution in [0.5, 0.6) is 0 Å². The number of hydrogen-bond acceptors (Lipinski definition) is 7. The van der Waals surface area contributed by atoms with Gasteiger partial charge in [0, 0.05) is 12.1 Å². The van der Waals surface area contributed by atoms with E-state index < -0.39 is 24.3 Å². The van der Waals surface area contributed by atoms with Crippen LogP contribution >= 0.6 is 0 Å². The van der Waals surface area contributed by atoms with Crippen molar-refractivity contribution in [2.45, 2.75) is 25.4 Å². The van der Waals surface area contributed by atoms with Gasteiger partial charge in [-0.15, -0.1) is 0 Å². The number of aromatic nitrogens is 3. The van der Waals surface area contributed by atoms with Crippen molar-refractivity contribution in [3.05, 3.63) is 18.1 Å². The molecule has 1 saturated heterocycles. The van der Waals surface area contributed by atoms with Crippen molar-refractivity contribution in [3.8, 4) is 0 Å². The molecule has 9 nitrogen and oxygen atoms in total. The fourth-order valence-corrected chi connectivity index (χ4v) is 2.67. The number of rotatable bonds is 3. The third-order valence-electron chi connectivity index (χ3n) is 4.01. The van der Waals surface area contributed by atoms with E-state index in [0.29, 0.717) is 11.0 Å². The fourth-order valence-electron chi connectivity index (χ4n) is 2.67. The Morgan fingerprint density at radius 2 is 2.23 bits per heavy atom. The molecule has 0 spiro atoms. The molecule has 9 heteroatoms. The van der Waals surface area contributed by atoms with E-state index >= 15 is 0 Å². The molecule has 118 valence electrons. The maximum Gasteiger partial charge on any atom is 0.286 e. The Balaban J connectivity index is 2.10. The number of primary amides is 1. The molecule has 0 bridgehead atoms. The number of carbonyl (C=O) groups is 1. The molecular formula is C13H17N5O4. The van der Waals surface area contributed by atoms with Gasteiger partial charge < -0.3 is 31.0 Å². The second-order valence-corrected chi connectivity index (χ2v) is 5.35. The van der Waals surface area contributed by atoms with E-state index in [1.54, 1.807) is 23.8 Å². The molecule has 2 aromatic rings. The third-order valence-corrected chi connectivity index (χ3v) is 4.01. The van der Waals surface area contributed by atoms with Crippen molar-refractivity contribution in [3.63, 3.8) is 0 Å². The molecule has 4 atom stereocenters. The number of aliphatic hydroxyl groups excluding tert-OH is 2. The lowest BCUT2D eigenvalue weighted by molar-refractivity contribution is -0.0489. The lowest BCUT2D eigenvalue weighted by atomic mass is 10.0. The van der Waals surface area contributed by atoms with Crippen LogP contribution in [-0.4, -0.2) is 49.5 Å². The number of hydrogen-bond donors (Lipinski definition) is 4. The molecule has 1 unspecified atom stereocenters. The summed E-state index contributed by atoms with van der Waals surface area (Å²) in [6.45, 7) is 1.59. The van der Waals surface area contributed by atoms with Gasteiger partial charge in [-0.25, -0.2) is 9.97 Å². The molecule has 0 saturated carbocycles. The van der Waals surface area contributed by atoms with Crippen LogP contribution < -0.4 is 11.5 Å². The molecule has 1 amide bonds. The van der Waals surface area contributed by atoms with Crippen molar-refractivity contribution in [2.24, 2.45) is 11.7 Å². The monoisotopic (exact) mass is 307 g/mol.